The first-order valence-corrected chi connectivity index (χ1v) is 8.06. The predicted octanol–water partition coefficient (Wildman–Crippen LogP) is 5.30. The Labute approximate surface area is 121 Å². The smallest absolute Gasteiger partial charge is 0.314 e. The van der Waals surface area contributed by atoms with E-state index < -0.39 is 12.6 Å². The summed E-state index contributed by atoms with van der Waals surface area (Å²) in [6.07, 6.45) is 2.09. The third-order valence-corrected chi connectivity index (χ3v) is 4.71. The summed E-state index contributed by atoms with van der Waals surface area (Å²) in [5.74, 6) is 0.510. The summed E-state index contributed by atoms with van der Waals surface area (Å²) in [5, 5.41) is 3.51. The fourth-order valence-corrected chi connectivity index (χ4v) is 3.56. The summed E-state index contributed by atoms with van der Waals surface area (Å²) >= 11 is 0. The molecule has 2 unspecified atom stereocenters. The predicted molar refractivity (Wildman–Crippen MR) is 77.7 cm³/mol. The van der Waals surface area contributed by atoms with E-state index in [0.717, 1.165) is 19.4 Å². The first-order valence-electron chi connectivity index (χ1n) is 8.06. The van der Waals surface area contributed by atoms with E-state index in [-0.39, 0.29) is 17.9 Å². The molecule has 0 radical (unpaired) electrons. The van der Waals surface area contributed by atoms with Crippen molar-refractivity contribution in [3.63, 3.8) is 0 Å². The normalized spacial score (nSPS) is 24.6. The van der Waals surface area contributed by atoms with Crippen LogP contribution in [0.4, 0.5) is 13.2 Å². The Hall–Kier alpha value is -0.250. The lowest BCUT2D eigenvalue weighted by atomic mass is 9.65. The molecule has 0 aromatic rings. The standard InChI is InChI=1S/C16H30F3N/c1-4-12-20-14(9-7-11-16(17,18)19)13-8-5-6-10-15(13,2)3/h13-14,20H,4-12H2,1-3H3. The average molecular weight is 293 g/mol. The van der Waals surface area contributed by atoms with E-state index in [1.54, 1.807) is 0 Å². The molecular weight excluding hydrogens is 263 g/mol. The maximum atomic E-state index is 12.3. The fourth-order valence-electron chi connectivity index (χ4n) is 3.56. The number of rotatable bonds is 7. The van der Waals surface area contributed by atoms with Gasteiger partial charge in [0.2, 0.25) is 0 Å². The second kappa shape index (κ2) is 7.67. The minimum atomic E-state index is -4.02. The van der Waals surface area contributed by atoms with Gasteiger partial charge in [-0.1, -0.05) is 33.6 Å². The lowest BCUT2D eigenvalue weighted by molar-refractivity contribution is -0.136. The van der Waals surface area contributed by atoms with Crippen LogP contribution in [0.15, 0.2) is 0 Å². The summed E-state index contributed by atoms with van der Waals surface area (Å²) in [7, 11) is 0. The quantitative estimate of drug-likeness (QED) is 0.671. The van der Waals surface area contributed by atoms with Crippen molar-refractivity contribution < 1.29 is 13.2 Å². The summed E-state index contributed by atoms with van der Waals surface area (Å²) < 4.78 is 37.0. The first kappa shape index (κ1) is 17.8. The minimum absolute atomic E-state index is 0.243. The van der Waals surface area contributed by atoms with Gasteiger partial charge < -0.3 is 5.32 Å². The molecule has 20 heavy (non-hydrogen) atoms. The van der Waals surface area contributed by atoms with Crippen molar-refractivity contribution in [2.45, 2.75) is 84.4 Å². The number of nitrogens with one attached hydrogen (secondary N) is 1. The molecule has 1 aliphatic carbocycles. The fraction of sp³-hybridized carbons (Fsp3) is 1.00. The Morgan fingerprint density at radius 2 is 1.95 bits per heavy atom. The van der Waals surface area contributed by atoms with Gasteiger partial charge in [0, 0.05) is 12.5 Å². The van der Waals surface area contributed by atoms with Crippen LogP contribution in [0, 0.1) is 11.3 Å². The molecular formula is C16H30F3N. The van der Waals surface area contributed by atoms with Gasteiger partial charge in [0.25, 0.3) is 0 Å². The Balaban J connectivity index is 2.58. The lowest BCUT2D eigenvalue weighted by Crippen LogP contribution is -2.45. The van der Waals surface area contributed by atoms with E-state index in [9.17, 15) is 13.2 Å². The molecule has 1 aliphatic rings. The molecule has 1 fully saturated rings. The molecule has 4 heteroatoms. The van der Waals surface area contributed by atoms with Crippen molar-refractivity contribution in [1.82, 2.24) is 5.32 Å². The van der Waals surface area contributed by atoms with Gasteiger partial charge >= 0.3 is 6.18 Å². The van der Waals surface area contributed by atoms with E-state index in [1.165, 1.54) is 19.3 Å². The van der Waals surface area contributed by atoms with Crippen molar-refractivity contribution in [3.8, 4) is 0 Å². The number of halogens is 3. The summed E-state index contributed by atoms with van der Waals surface area (Å²) in [5.41, 5.74) is 0.252. The molecule has 0 aromatic carbocycles. The van der Waals surface area contributed by atoms with E-state index in [2.05, 4.69) is 26.1 Å². The highest BCUT2D eigenvalue weighted by Crippen LogP contribution is 2.43. The van der Waals surface area contributed by atoms with Crippen molar-refractivity contribution in [3.05, 3.63) is 0 Å². The third-order valence-electron chi connectivity index (χ3n) is 4.71. The molecule has 2 atom stereocenters. The lowest BCUT2D eigenvalue weighted by Gasteiger charge is -2.44. The van der Waals surface area contributed by atoms with Crippen LogP contribution in [0.5, 0.6) is 0 Å². The second-order valence-corrected chi connectivity index (χ2v) is 6.91. The maximum Gasteiger partial charge on any atom is 0.389 e. The maximum absolute atomic E-state index is 12.3. The third kappa shape index (κ3) is 6.02. The molecule has 0 amide bonds. The van der Waals surface area contributed by atoms with Crippen molar-refractivity contribution in [2.75, 3.05) is 6.54 Å². The van der Waals surface area contributed by atoms with Crippen LogP contribution >= 0.6 is 0 Å². The van der Waals surface area contributed by atoms with Gasteiger partial charge in [0.1, 0.15) is 0 Å². The Kier molecular flexibility index (Phi) is 6.83. The van der Waals surface area contributed by atoms with Gasteiger partial charge in [0.15, 0.2) is 0 Å². The Morgan fingerprint density at radius 3 is 2.50 bits per heavy atom. The number of alkyl halides is 3. The highest BCUT2D eigenvalue weighted by Gasteiger charge is 2.37. The minimum Gasteiger partial charge on any atom is -0.314 e. The van der Waals surface area contributed by atoms with Gasteiger partial charge in [-0.3, -0.25) is 0 Å². The topological polar surface area (TPSA) is 12.0 Å². The Morgan fingerprint density at radius 1 is 1.25 bits per heavy atom. The van der Waals surface area contributed by atoms with Gasteiger partial charge in [-0.2, -0.15) is 13.2 Å². The highest BCUT2D eigenvalue weighted by atomic mass is 19.4. The first-order chi connectivity index (χ1) is 9.26. The zero-order valence-corrected chi connectivity index (χ0v) is 13.2. The Bertz CT molecular complexity index is 273. The molecule has 0 heterocycles. The van der Waals surface area contributed by atoms with Gasteiger partial charge in [0.05, 0.1) is 0 Å². The van der Waals surface area contributed by atoms with E-state index in [1.807, 2.05) is 0 Å². The largest absolute Gasteiger partial charge is 0.389 e. The number of hydrogen-bond donors (Lipinski definition) is 1. The SMILES string of the molecule is CCCNC(CCCC(F)(F)F)C1CCCCC1(C)C. The van der Waals surface area contributed by atoms with E-state index >= 15 is 0 Å². The van der Waals surface area contributed by atoms with Crippen LogP contribution in [0.3, 0.4) is 0 Å². The monoisotopic (exact) mass is 293 g/mol. The average Bonchev–Trinajstić information content (AvgIpc) is 2.32. The van der Waals surface area contributed by atoms with Crippen LogP contribution in [0.2, 0.25) is 0 Å². The van der Waals surface area contributed by atoms with Crippen molar-refractivity contribution >= 4 is 0 Å². The van der Waals surface area contributed by atoms with E-state index in [0.29, 0.717) is 12.3 Å². The summed E-state index contributed by atoms with van der Waals surface area (Å²) in [4.78, 5) is 0. The molecule has 0 aliphatic heterocycles. The van der Waals surface area contributed by atoms with Crippen LogP contribution in [0.25, 0.3) is 0 Å². The molecule has 0 spiro atoms. The van der Waals surface area contributed by atoms with Gasteiger partial charge in [-0.15, -0.1) is 0 Å². The highest BCUT2D eigenvalue weighted by molar-refractivity contribution is 4.90. The molecule has 1 N–H and O–H groups in total. The zero-order valence-electron chi connectivity index (χ0n) is 13.2. The summed E-state index contributed by atoms with van der Waals surface area (Å²) in [6, 6.07) is 0.243. The zero-order chi connectivity index (χ0) is 15.2. The summed E-state index contributed by atoms with van der Waals surface area (Å²) in [6.45, 7) is 7.57. The van der Waals surface area contributed by atoms with Crippen LogP contribution in [-0.4, -0.2) is 18.8 Å². The molecule has 0 aromatic heterocycles. The number of hydrogen-bond acceptors (Lipinski definition) is 1. The molecule has 0 bridgehead atoms. The van der Waals surface area contributed by atoms with Gasteiger partial charge in [-0.05, 0) is 50.0 Å². The van der Waals surface area contributed by atoms with Gasteiger partial charge in [-0.25, -0.2) is 0 Å². The second-order valence-electron chi connectivity index (χ2n) is 6.91. The van der Waals surface area contributed by atoms with Crippen molar-refractivity contribution in [2.24, 2.45) is 11.3 Å². The molecule has 120 valence electrons. The van der Waals surface area contributed by atoms with Crippen LogP contribution in [0.1, 0.15) is 72.1 Å². The van der Waals surface area contributed by atoms with Crippen molar-refractivity contribution in [1.29, 1.82) is 0 Å². The van der Waals surface area contributed by atoms with Crippen LogP contribution in [-0.2, 0) is 0 Å². The molecule has 1 nitrogen and oxygen atoms in total. The molecule has 1 rings (SSSR count). The van der Waals surface area contributed by atoms with E-state index in [4.69, 9.17) is 0 Å². The molecule has 0 saturated heterocycles. The molecule has 1 saturated carbocycles. The van der Waals surface area contributed by atoms with Crippen LogP contribution < -0.4 is 5.32 Å².